The molecular formula is C17H17ClN2O2. The maximum absolute atomic E-state index is 13.0. The Labute approximate surface area is 134 Å². The summed E-state index contributed by atoms with van der Waals surface area (Å²) in [6, 6.07) is 15.9. The molecule has 22 heavy (non-hydrogen) atoms. The molecule has 5 heteroatoms. The summed E-state index contributed by atoms with van der Waals surface area (Å²) in [6.07, 6.45) is 0. The smallest absolute Gasteiger partial charge is 0.274 e. The molecule has 0 saturated carbocycles. The van der Waals surface area contributed by atoms with Crippen molar-refractivity contribution in [1.82, 2.24) is 5.06 Å². The van der Waals surface area contributed by atoms with E-state index in [0.29, 0.717) is 16.3 Å². The third-order valence-electron chi connectivity index (χ3n) is 4.28. The second-order valence-corrected chi connectivity index (χ2v) is 6.03. The van der Waals surface area contributed by atoms with Gasteiger partial charge in [-0.2, -0.15) is 4.74 Å². The van der Waals surface area contributed by atoms with E-state index in [0.717, 1.165) is 15.4 Å². The Hall–Kier alpha value is -1.88. The first-order valence-electron chi connectivity index (χ1n) is 7.10. The lowest BCUT2D eigenvalue weighted by Gasteiger charge is -2.29. The second-order valence-electron chi connectivity index (χ2n) is 5.59. The van der Waals surface area contributed by atoms with Gasteiger partial charge in [0.25, 0.3) is 5.66 Å². The van der Waals surface area contributed by atoms with Crippen LogP contribution in [-0.4, -0.2) is 26.8 Å². The molecule has 0 unspecified atom stereocenters. The average molecular weight is 317 g/mol. The van der Waals surface area contributed by atoms with Gasteiger partial charge in [0.15, 0.2) is 0 Å². The maximum Gasteiger partial charge on any atom is 0.274 e. The lowest BCUT2D eigenvalue weighted by Crippen LogP contribution is -2.45. The van der Waals surface area contributed by atoms with Gasteiger partial charge in [0.2, 0.25) is 5.71 Å². The summed E-state index contributed by atoms with van der Waals surface area (Å²) in [5, 5.41) is 25.3. The second kappa shape index (κ2) is 5.39. The predicted octanol–water partition coefficient (Wildman–Crippen LogP) is 3.61. The summed E-state index contributed by atoms with van der Waals surface area (Å²) in [7, 11) is 0. The van der Waals surface area contributed by atoms with Crippen molar-refractivity contribution in [2.45, 2.75) is 25.6 Å². The van der Waals surface area contributed by atoms with Gasteiger partial charge in [0, 0.05) is 23.1 Å². The van der Waals surface area contributed by atoms with Gasteiger partial charge in [0.05, 0.1) is 0 Å². The van der Waals surface area contributed by atoms with E-state index >= 15 is 0 Å². The highest BCUT2D eigenvalue weighted by molar-refractivity contribution is 6.30. The van der Waals surface area contributed by atoms with Crippen LogP contribution in [0.5, 0.6) is 0 Å². The molecule has 0 spiro atoms. The van der Waals surface area contributed by atoms with E-state index in [4.69, 9.17) is 11.6 Å². The minimum atomic E-state index is -1.19. The van der Waals surface area contributed by atoms with Gasteiger partial charge >= 0.3 is 0 Å². The van der Waals surface area contributed by atoms with Crippen LogP contribution in [0, 0.1) is 5.21 Å². The lowest BCUT2D eigenvalue weighted by molar-refractivity contribution is -0.595. The summed E-state index contributed by atoms with van der Waals surface area (Å²) in [6.45, 7) is 3.52. The van der Waals surface area contributed by atoms with Crippen molar-refractivity contribution in [1.29, 1.82) is 0 Å². The number of hydroxylamine groups is 3. The number of hydrogen-bond donors (Lipinski definition) is 1. The lowest BCUT2D eigenvalue weighted by atomic mass is 10.0. The van der Waals surface area contributed by atoms with Crippen molar-refractivity contribution in [3.05, 3.63) is 76.0 Å². The Morgan fingerprint density at radius 2 is 1.73 bits per heavy atom. The first-order valence-corrected chi connectivity index (χ1v) is 7.48. The van der Waals surface area contributed by atoms with Crippen molar-refractivity contribution in [3.63, 3.8) is 0 Å². The Kier molecular flexibility index (Phi) is 3.68. The van der Waals surface area contributed by atoms with Crippen molar-refractivity contribution in [2.24, 2.45) is 0 Å². The summed E-state index contributed by atoms with van der Waals surface area (Å²) in [4.78, 5) is 0. The summed E-state index contributed by atoms with van der Waals surface area (Å²) >= 11 is 5.92. The van der Waals surface area contributed by atoms with Crippen LogP contribution < -0.4 is 0 Å². The van der Waals surface area contributed by atoms with Gasteiger partial charge in [-0.3, -0.25) is 0 Å². The van der Waals surface area contributed by atoms with E-state index in [9.17, 15) is 10.4 Å². The molecule has 0 saturated heterocycles. The van der Waals surface area contributed by atoms with E-state index in [2.05, 4.69) is 0 Å². The first-order chi connectivity index (χ1) is 10.5. The minimum absolute atomic E-state index is 0.416. The number of hydrogen-bond acceptors (Lipinski definition) is 3. The molecule has 2 atom stereocenters. The highest BCUT2D eigenvalue weighted by Gasteiger charge is 2.54. The van der Waals surface area contributed by atoms with Gasteiger partial charge in [-0.1, -0.05) is 29.8 Å². The van der Waals surface area contributed by atoms with Crippen LogP contribution in [-0.2, 0) is 5.66 Å². The minimum Gasteiger partial charge on any atom is -0.622 e. The highest BCUT2D eigenvalue weighted by Crippen LogP contribution is 2.36. The predicted molar refractivity (Wildman–Crippen MR) is 86.1 cm³/mol. The van der Waals surface area contributed by atoms with Crippen LogP contribution >= 0.6 is 11.6 Å². The summed E-state index contributed by atoms with van der Waals surface area (Å²) in [5.41, 5.74) is 0.851. The number of benzene rings is 2. The number of nitrogens with zero attached hydrogens (tertiary/aromatic N) is 2. The fraction of sp³-hybridized carbons (Fsp3) is 0.235. The molecule has 1 aliphatic heterocycles. The van der Waals surface area contributed by atoms with Crippen molar-refractivity contribution >= 4 is 17.3 Å². The largest absolute Gasteiger partial charge is 0.622 e. The van der Waals surface area contributed by atoms with E-state index < -0.39 is 11.7 Å². The normalized spacial score (nSPS) is 25.7. The fourth-order valence-electron chi connectivity index (χ4n) is 2.97. The molecule has 1 heterocycles. The standard InChI is InChI=1S/C17H17ClN2O2/c1-12-16(13-6-4-3-5-7-13)20(22)17(2,19(12)21)14-8-10-15(18)11-9-14/h3-12,21H,1-2H3/t12-,17-/m1/s1. The SMILES string of the molecule is C[C@@H]1C(c2ccccc2)=[N+]([O-])[C@](C)(c2ccc(Cl)cc2)N1O. The molecule has 0 aliphatic carbocycles. The molecule has 0 fully saturated rings. The molecule has 0 bridgehead atoms. The van der Waals surface area contributed by atoms with Crippen LogP contribution in [0.2, 0.25) is 5.02 Å². The third kappa shape index (κ3) is 2.11. The molecule has 0 radical (unpaired) electrons. The monoisotopic (exact) mass is 316 g/mol. The summed E-state index contributed by atoms with van der Waals surface area (Å²) < 4.78 is 0.885. The quantitative estimate of drug-likeness (QED) is 0.680. The molecule has 0 amide bonds. The third-order valence-corrected chi connectivity index (χ3v) is 4.54. The molecular weight excluding hydrogens is 300 g/mol. The fourth-order valence-corrected chi connectivity index (χ4v) is 3.10. The zero-order valence-corrected chi connectivity index (χ0v) is 13.2. The first kappa shape index (κ1) is 15.0. The maximum atomic E-state index is 13.0. The van der Waals surface area contributed by atoms with Gasteiger partial charge < -0.3 is 10.4 Å². The van der Waals surface area contributed by atoms with E-state index in [1.165, 1.54) is 0 Å². The van der Waals surface area contributed by atoms with Crippen molar-refractivity contribution in [2.75, 3.05) is 0 Å². The average Bonchev–Trinajstić information content (AvgIpc) is 2.71. The summed E-state index contributed by atoms with van der Waals surface area (Å²) in [5.74, 6) is 0. The Morgan fingerprint density at radius 3 is 2.32 bits per heavy atom. The van der Waals surface area contributed by atoms with Crippen LogP contribution in [0.4, 0.5) is 0 Å². The van der Waals surface area contributed by atoms with Gasteiger partial charge in [-0.25, -0.2) is 0 Å². The number of rotatable bonds is 2. The van der Waals surface area contributed by atoms with Crippen LogP contribution in [0.1, 0.15) is 25.0 Å². The van der Waals surface area contributed by atoms with Gasteiger partial charge in [-0.05, 0) is 43.3 Å². The molecule has 0 aromatic heterocycles. The zero-order chi connectivity index (χ0) is 15.9. The van der Waals surface area contributed by atoms with Crippen molar-refractivity contribution < 1.29 is 9.95 Å². The van der Waals surface area contributed by atoms with Gasteiger partial charge in [-0.15, -0.1) is 5.06 Å². The highest BCUT2D eigenvalue weighted by atomic mass is 35.5. The molecule has 114 valence electrons. The van der Waals surface area contributed by atoms with Crippen LogP contribution in [0.25, 0.3) is 0 Å². The van der Waals surface area contributed by atoms with E-state index in [1.807, 2.05) is 37.3 Å². The molecule has 2 aromatic rings. The molecule has 4 nitrogen and oxygen atoms in total. The molecule has 1 N–H and O–H groups in total. The van der Waals surface area contributed by atoms with E-state index in [1.54, 1.807) is 31.2 Å². The topological polar surface area (TPSA) is 49.5 Å². The number of halogens is 1. The Bertz CT molecular complexity index is 715. The zero-order valence-electron chi connectivity index (χ0n) is 12.4. The van der Waals surface area contributed by atoms with Crippen molar-refractivity contribution in [3.8, 4) is 0 Å². The van der Waals surface area contributed by atoms with Crippen LogP contribution in [0.3, 0.4) is 0 Å². The van der Waals surface area contributed by atoms with E-state index in [-0.39, 0.29) is 0 Å². The molecule has 3 rings (SSSR count). The Balaban J connectivity index is 2.16. The molecule has 2 aromatic carbocycles. The Morgan fingerprint density at radius 1 is 1.14 bits per heavy atom. The molecule has 1 aliphatic rings. The van der Waals surface area contributed by atoms with Crippen LogP contribution in [0.15, 0.2) is 54.6 Å². The van der Waals surface area contributed by atoms with Gasteiger partial charge in [0.1, 0.15) is 6.04 Å².